The average Bonchev–Trinajstić information content (AvgIpc) is 3.28. The molecule has 36 heavy (non-hydrogen) atoms. The maximum absolute atomic E-state index is 12.5. The number of aromatic nitrogens is 3. The molecule has 0 bridgehead atoms. The summed E-state index contributed by atoms with van der Waals surface area (Å²) in [7, 11) is -3.32. The second-order valence-electron chi connectivity index (χ2n) is 8.94. The summed E-state index contributed by atoms with van der Waals surface area (Å²) in [4.78, 5) is 12.9. The Morgan fingerprint density at radius 3 is 2.58 bits per heavy atom. The summed E-state index contributed by atoms with van der Waals surface area (Å²) in [5.74, 6) is 0.789. The van der Waals surface area contributed by atoms with Gasteiger partial charge in [0.25, 0.3) is 0 Å². The van der Waals surface area contributed by atoms with Crippen molar-refractivity contribution in [2.24, 2.45) is 0 Å². The molecule has 0 spiro atoms. The number of hydrogen-bond donors (Lipinski definition) is 1. The fraction of sp³-hybridized carbons (Fsp3) is 0.241. The van der Waals surface area contributed by atoms with Crippen LogP contribution in [0.2, 0.25) is 0 Å². The molecule has 184 valence electrons. The zero-order valence-electron chi connectivity index (χ0n) is 20.7. The van der Waals surface area contributed by atoms with Gasteiger partial charge < -0.3 is 9.72 Å². The first-order chi connectivity index (χ1) is 17.4. The molecule has 6 nitrogen and oxygen atoms in total. The van der Waals surface area contributed by atoms with E-state index < -0.39 is 9.84 Å². The molecule has 0 saturated heterocycles. The second-order valence-corrected chi connectivity index (χ2v) is 11.2. The van der Waals surface area contributed by atoms with Crippen molar-refractivity contribution in [3.05, 3.63) is 83.8 Å². The van der Waals surface area contributed by atoms with Gasteiger partial charge in [0.1, 0.15) is 11.4 Å². The summed E-state index contributed by atoms with van der Waals surface area (Å²) < 4.78 is 31.3. The highest BCUT2D eigenvalue weighted by Gasteiger charge is 2.18. The van der Waals surface area contributed by atoms with E-state index in [4.69, 9.17) is 4.74 Å². The van der Waals surface area contributed by atoms with Crippen molar-refractivity contribution in [2.75, 3.05) is 12.4 Å². The Hall–Kier alpha value is -3.71. The van der Waals surface area contributed by atoms with Gasteiger partial charge in [-0.15, -0.1) is 0 Å². The molecule has 1 N–H and O–H groups in total. The fourth-order valence-electron chi connectivity index (χ4n) is 4.43. The number of hydrogen-bond acceptors (Lipinski definition) is 5. The molecule has 0 amide bonds. The molecule has 3 aromatic heterocycles. The summed E-state index contributed by atoms with van der Waals surface area (Å²) in [5.41, 5.74) is 6.63. The molecule has 0 atom stereocenters. The summed E-state index contributed by atoms with van der Waals surface area (Å²) in [6, 6.07) is 17.3. The van der Waals surface area contributed by atoms with Crippen molar-refractivity contribution >= 4 is 31.8 Å². The van der Waals surface area contributed by atoms with E-state index in [9.17, 15) is 8.42 Å². The quantitative estimate of drug-likeness (QED) is 0.280. The van der Waals surface area contributed by atoms with Crippen LogP contribution in [0.15, 0.2) is 71.9 Å². The van der Waals surface area contributed by atoms with Crippen LogP contribution in [0, 0.1) is 6.92 Å². The van der Waals surface area contributed by atoms with E-state index in [0.29, 0.717) is 17.9 Å². The Kier molecular flexibility index (Phi) is 6.49. The Morgan fingerprint density at radius 1 is 0.972 bits per heavy atom. The number of aryl methyl sites for hydroxylation is 2. The van der Waals surface area contributed by atoms with Crippen LogP contribution in [0.25, 0.3) is 33.1 Å². The first-order valence-corrected chi connectivity index (χ1v) is 13.9. The van der Waals surface area contributed by atoms with Crippen LogP contribution in [0.5, 0.6) is 5.75 Å². The van der Waals surface area contributed by atoms with Crippen LogP contribution >= 0.6 is 0 Å². The molecule has 2 aromatic carbocycles. The van der Waals surface area contributed by atoms with Crippen molar-refractivity contribution in [1.29, 1.82) is 0 Å². The Morgan fingerprint density at radius 2 is 1.83 bits per heavy atom. The van der Waals surface area contributed by atoms with Crippen LogP contribution in [-0.2, 0) is 22.7 Å². The molecular weight excluding hydrogens is 470 g/mol. The second kappa shape index (κ2) is 9.74. The third-order valence-electron chi connectivity index (χ3n) is 6.50. The Balaban J connectivity index is 1.56. The van der Waals surface area contributed by atoms with Crippen LogP contribution in [0.1, 0.15) is 30.7 Å². The molecule has 0 unspecified atom stereocenters. The van der Waals surface area contributed by atoms with Gasteiger partial charge in [-0.3, -0.25) is 4.98 Å². The summed E-state index contributed by atoms with van der Waals surface area (Å²) in [6.45, 7) is 6.27. The van der Waals surface area contributed by atoms with Crippen molar-refractivity contribution in [3.63, 3.8) is 0 Å². The molecule has 3 heterocycles. The molecule has 5 rings (SSSR count). The van der Waals surface area contributed by atoms with Gasteiger partial charge in [-0.1, -0.05) is 32.0 Å². The third-order valence-corrected chi connectivity index (χ3v) is 8.23. The highest BCUT2D eigenvalue weighted by molar-refractivity contribution is 7.91. The number of benzene rings is 2. The van der Waals surface area contributed by atoms with E-state index in [0.717, 1.165) is 56.5 Å². The molecular formula is C29H29N3O3S. The van der Waals surface area contributed by atoms with Crippen molar-refractivity contribution in [1.82, 2.24) is 15.0 Å². The van der Waals surface area contributed by atoms with E-state index in [1.807, 2.05) is 43.6 Å². The third kappa shape index (κ3) is 4.58. The zero-order chi connectivity index (χ0) is 25.3. The number of ether oxygens (including phenoxy) is 1. The van der Waals surface area contributed by atoms with Crippen molar-refractivity contribution in [2.45, 2.75) is 38.5 Å². The van der Waals surface area contributed by atoms with Gasteiger partial charge >= 0.3 is 0 Å². The van der Waals surface area contributed by atoms with Crippen molar-refractivity contribution in [3.8, 4) is 16.9 Å². The molecule has 0 fully saturated rings. The lowest BCUT2D eigenvalue weighted by Crippen LogP contribution is -2.04. The number of sulfone groups is 1. The number of aromatic amines is 1. The Bertz CT molecular complexity index is 1660. The topological polar surface area (TPSA) is 84.9 Å². The lowest BCUT2D eigenvalue weighted by Gasteiger charge is -2.12. The SMILES string of the molecule is CCc1ccc(CCOc2ccc(-c3cccc(S(=O)(=O)CC)c3)c3c2[nH]c2ncc(C)cc23)nc1. The maximum atomic E-state index is 12.5. The molecule has 0 saturated carbocycles. The molecule has 0 radical (unpaired) electrons. The normalized spacial score (nSPS) is 11.9. The van der Waals surface area contributed by atoms with Gasteiger partial charge in [0.2, 0.25) is 0 Å². The van der Waals surface area contributed by atoms with E-state index in [-0.39, 0.29) is 5.75 Å². The number of pyridine rings is 2. The summed E-state index contributed by atoms with van der Waals surface area (Å²) >= 11 is 0. The van der Waals surface area contributed by atoms with Gasteiger partial charge in [-0.25, -0.2) is 13.4 Å². The number of H-pyrrole nitrogens is 1. The minimum absolute atomic E-state index is 0.0604. The van der Waals surface area contributed by atoms with Gasteiger partial charge in [0, 0.05) is 35.3 Å². The van der Waals surface area contributed by atoms with E-state index in [2.05, 4.69) is 34.0 Å². The standard InChI is InChI=1S/C29H29N3O3S/c1-4-20-9-10-22(30-18-20)13-14-35-26-12-11-24(21-7-6-8-23(16-21)36(33,34)5-2)27-25-15-19(3)17-31-29(25)32-28(26)27/h6-12,15-18H,4-5,13-14H2,1-3H3,(H,31,32). The molecule has 0 aliphatic heterocycles. The molecule has 5 aromatic rings. The maximum Gasteiger partial charge on any atom is 0.178 e. The first-order valence-electron chi connectivity index (χ1n) is 12.2. The van der Waals surface area contributed by atoms with E-state index in [1.165, 1.54) is 5.56 Å². The lowest BCUT2D eigenvalue weighted by atomic mass is 9.99. The zero-order valence-corrected chi connectivity index (χ0v) is 21.5. The highest BCUT2D eigenvalue weighted by atomic mass is 32.2. The monoisotopic (exact) mass is 499 g/mol. The van der Waals surface area contributed by atoms with Crippen LogP contribution in [0.4, 0.5) is 0 Å². The van der Waals surface area contributed by atoms with Gasteiger partial charge in [0.15, 0.2) is 9.84 Å². The van der Waals surface area contributed by atoms with E-state index in [1.54, 1.807) is 25.1 Å². The number of rotatable bonds is 8. The molecule has 0 aliphatic carbocycles. The lowest BCUT2D eigenvalue weighted by molar-refractivity contribution is 0.324. The summed E-state index contributed by atoms with van der Waals surface area (Å²) in [5, 5.41) is 1.95. The van der Waals surface area contributed by atoms with Crippen LogP contribution in [0.3, 0.4) is 0 Å². The first kappa shape index (κ1) is 24.0. The van der Waals surface area contributed by atoms with Gasteiger partial charge in [-0.05, 0) is 72.0 Å². The van der Waals surface area contributed by atoms with Crippen LogP contribution in [-0.4, -0.2) is 35.7 Å². The smallest absolute Gasteiger partial charge is 0.178 e. The number of nitrogens with one attached hydrogen (secondary N) is 1. The largest absolute Gasteiger partial charge is 0.491 e. The van der Waals surface area contributed by atoms with Crippen molar-refractivity contribution < 1.29 is 13.2 Å². The fourth-order valence-corrected chi connectivity index (χ4v) is 5.35. The minimum atomic E-state index is -3.32. The minimum Gasteiger partial charge on any atom is -0.491 e. The molecule has 7 heteroatoms. The number of fused-ring (bicyclic) bond motifs is 3. The average molecular weight is 500 g/mol. The Labute approximate surface area is 211 Å². The highest BCUT2D eigenvalue weighted by Crippen LogP contribution is 2.39. The van der Waals surface area contributed by atoms with E-state index >= 15 is 0 Å². The van der Waals surface area contributed by atoms with Gasteiger partial charge in [-0.2, -0.15) is 0 Å². The van der Waals surface area contributed by atoms with Crippen LogP contribution < -0.4 is 4.74 Å². The summed E-state index contributed by atoms with van der Waals surface area (Å²) in [6.07, 6.45) is 5.41. The van der Waals surface area contributed by atoms with Gasteiger partial charge in [0.05, 0.1) is 22.8 Å². The predicted octanol–water partition coefficient (Wildman–Crippen LogP) is 6.06. The predicted molar refractivity (Wildman–Crippen MR) is 144 cm³/mol. The number of nitrogens with zero attached hydrogens (tertiary/aromatic N) is 2. The molecule has 0 aliphatic rings.